The molecule has 0 atom stereocenters. The van der Waals surface area contributed by atoms with E-state index in [9.17, 15) is 13.9 Å². The normalized spacial score (nSPS) is 11.1. The van der Waals surface area contributed by atoms with Crippen LogP contribution in [0.5, 0.6) is 0 Å². The molecular weight excluding hydrogens is 250 g/mol. The minimum atomic E-state index is -0.648. The van der Waals surface area contributed by atoms with Gasteiger partial charge in [-0.2, -0.15) is 0 Å². The molecule has 0 amide bonds. The monoisotopic (exact) mass is 260 g/mol. The lowest BCUT2D eigenvalue weighted by Crippen LogP contribution is -1.94. The molecule has 3 nitrogen and oxygen atoms in total. The van der Waals surface area contributed by atoms with Gasteiger partial charge in [-0.05, 0) is 18.2 Å². The average molecular weight is 260 g/mol. The van der Waals surface area contributed by atoms with Crippen molar-refractivity contribution in [1.82, 2.24) is 9.38 Å². The zero-order chi connectivity index (χ0) is 13.4. The van der Waals surface area contributed by atoms with E-state index in [1.165, 1.54) is 12.1 Å². The molecule has 0 radical (unpaired) electrons. The van der Waals surface area contributed by atoms with Crippen molar-refractivity contribution in [1.29, 1.82) is 0 Å². The van der Waals surface area contributed by atoms with Gasteiger partial charge in [-0.25, -0.2) is 13.8 Å². The summed E-state index contributed by atoms with van der Waals surface area (Å²) < 4.78 is 28.2. The van der Waals surface area contributed by atoms with Gasteiger partial charge in [0.25, 0.3) is 0 Å². The summed E-state index contributed by atoms with van der Waals surface area (Å²) in [5.41, 5.74) is 1.77. The van der Waals surface area contributed by atoms with E-state index < -0.39 is 11.6 Å². The summed E-state index contributed by atoms with van der Waals surface area (Å²) in [6, 6.07) is 6.79. The number of aromatic nitrogens is 2. The predicted octanol–water partition coefficient (Wildman–Crippen LogP) is 2.77. The summed E-state index contributed by atoms with van der Waals surface area (Å²) >= 11 is 0. The van der Waals surface area contributed by atoms with Crippen molar-refractivity contribution in [2.24, 2.45) is 0 Å². The highest BCUT2D eigenvalue weighted by molar-refractivity contribution is 5.64. The highest BCUT2D eigenvalue weighted by atomic mass is 19.1. The number of fused-ring (bicyclic) bond motifs is 1. The van der Waals surface area contributed by atoms with Crippen molar-refractivity contribution in [3.8, 4) is 11.4 Å². The Hall–Kier alpha value is -2.27. The summed E-state index contributed by atoms with van der Waals surface area (Å²) in [6.07, 6.45) is 3.31. The summed E-state index contributed by atoms with van der Waals surface area (Å²) in [5, 5.41) is 9.24. The predicted molar refractivity (Wildman–Crippen MR) is 66.5 cm³/mol. The molecule has 1 N–H and O–H groups in total. The average Bonchev–Trinajstić information content (AvgIpc) is 2.81. The second-order valence-corrected chi connectivity index (χ2v) is 4.19. The number of imidazole rings is 1. The van der Waals surface area contributed by atoms with E-state index in [0.717, 1.165) is 6.07 Å². The number of aliphatic hydroxyl groups excluding tert-OH is 1. The van der Waals surface area contributed by atoms with Crippen LogP contribution in [0.1, 0.15) is 5.56 Å². The van der Waals surface area contributed by atoms with Crippen LogP contribution in [0.15, 0.2) is 42.7 Å². The Balaban J connectivity index is 2.26. The number of rotatable bonds is 2. The van der Waals surface area contributed by atoms with Crippen LogP contribution in [0.2, 0.25) is 0 Å². The van der Waals surface area contributed by atoms with E-state index in [1.54, 1.807) is 28.9 Å². The minimum absolute atomic E-state index is 0.118. The van der Waals surface area contributed by atoms with E-state index in [1.807, 2.05) is 0 Å². The molecule has 0 fully saturated rings. The van der Waals surface area contributed by atoms with Gasteiger partial charge in [0.1, 0.15) is 17.5 Å². The van der Waals surface area contributed by atoms with E-state index in [0.29, 0.717) is 22.5 Å². The molecule has 5 heteroatoms. The molecule has 1 aromatic carbocycles. The van der Waals surface area contributed by atoms with Crippen LogP contribution < -0.4 is 0 Å². The summed E-state index contributed by atoms with van der Waals surface area (Å²) in [4.78, 5) is 4.17. The lowest BCUT2D eigenvalue weighted by atomic mass is 10.2. The Labute approximate surface area is 107 Å². The van der Waals surface area contributed by atoms with Gasteiger partial charge in [0.05, 0.1) is 18.3 Å². The third-order valence-electron chi connectivity index (χ3n) is 2.95. The first-order valence-corrected chi connectivity index (χ1v) is 5.71. The van der Waals surface area contributed by atoms with Gasteiger partial charge in [0, 0.05) is 23.4 Å². The molecule has 0 saturated heterocycles. The molecule has 19 heavy (non-hydrogen) atoms. The molecule has 2 aromatic heterocycles. The highest BCUT2D eigenvalue weighted by Gasteiger charge is 2.10. The third kappa shape index (κ3) is 1.98. The minimum Gasteiger partial charge on any atom is -0.392 e. The summed E-state index contributed by atoms with van der Waals surface area (Å²) in [7, 11) is 0. The number of aliphatic hydroxyl groups is 1. The molecule has 0 spiro atoms. The van der Waals surface area contributed by atoms with Crippen LogP contribution in [-0.4, -0.2) is 14.5 Å². The van der Waals surface area contributed by atoms with Gasteiger partial charge in [-0.15, -0.1) is 0 Å². The van der Waals surface area contributed by atoms with E-state index in [2.05, 4.69) is 4.98 Å². The first-order chi connectivity index (χ1) is 9.19. The van der Waals surface area contributed by atoms with Crippen LogP contribution in [0.25, 0.3) is 16.9 Å². The van der Waals surface area contributed by atoms with Crippen molar-refractivity contribution in [2.75, 3.05) is 0 Å². The zero-order valence-electron chi connectivity index (χ0n) is 9.85. The lowest BCUT2D eigenvalue weighted by molar-refractivity contribution is 0.283. The molecule has 0 unspecified atom stereocenters. The van der Waals surface area contributed by atoms with Gasteiger partial charge in [-0.3, -0.25) is 4.40 Å². The standard InChI is InChI=1S/C14H10F2N2O/c15-11-4-10(5-12(16)6-11)14-17-7-13-9(8-19)2-1-3-18(13)14/h1-7,19H,8H2. The van der Waals surface area contributed by atoms with Crippen molar-refractivity contribution in [2.45, 2.75) is 6.61 Å². The van der Waals surface area contributed by atoms with Crippen molar-refractivity contribution in [3.05, 3.63) is 59.9 Å². The van der Waals surface area contributed by atoms with Crippen LogP contribution in [0.3, 0.4) is 0 Å². The maximum atomic E-state index is 13.2. The van der Waals surface area contributed by atoms with E-state index >= 15 is 0 Å². The first-order valence-electron chi connectivity index (χ1n) is 5.71. The molecular formula is C14H10F2N2O. The molecule has 0 saturated carbocycles. The molecule has 96 valence electrons. The molecule has 0 aliphatic heterocycles. The number of halogens is 2. The molecule has 0 bridgehead atoms. The fraction of sp³-hybridized carbons (Fsp3) is 0.0714. The maximum Gasteiger partial charge on any atom is 0.144 e. The fourth-order valence-corrected chi connectivity index (χ4v) is 2.11. The Kier molecular flexibility index (Phi) is 2.76. The van der Waals surface area contributed by atoms with Gasteiger partial charge in [0.2, 0.25) is 0 Å². The fourth-order valence-electron chi connectivity index (χ4n) is 2.11. The Morgan fingerprint density at radius 3 is 2.58 bits per heavy atom. The molecule has 3 rings (SSSR count). The van der Waals surface area contributed by atoms with Crippen molar-refractivity contribution >= 4 is 5.52 Å². The highest BCUT2D eigenvalue weighted by Crippen LogP contribution is 2.23. The molecule has 0 aliphatic rings. The number of benzene rings is 1. The van der Waals surface area contributed by atoms with Crippen molar-refractivity contribution < 1.29 is 13.9 Å². The Morgan fingerprint density at radius 1 is 1.16 bits per heavy atom. The maximum absolute atomic E-state index is 13.2. The van der Waals surface area contributed by atoms with E-state index in [-0.39, 0.29) is 6.61 Å². The Morgan fingerprint density at radius 2 is 1.89 bits per heavy atom. The van der Waals surface area contributed by atoms with Crippen LogP contribution >= 0.6 is 0 Å². The second-order valence-electron chi connectivity index (χ2n) is 4.19. The van der Waals surface area contributed by atoms with Crippen LogP contribution in [-0.2, 0) is 6.61 Å². The van der Waals surface area contributed by atoms with Gasteiger partial charge in [0.15, 0.2) is 0 Å². The molecule has 2 heterocycles. The number of pyridine rings is 1. The molecule has 0 aliphatic carbocycles. The summed E-state index contributed by atoms with van der Waals surface area (Å²) in [6.45, 7) is -0.118. The van der Waals surface area contributed by atoms with E-state index in [4.69, 9.17) is 0 Å². The third-order valence-corrected chi connectivity index (χ3v) is 2.95. The first kappa shape index (κ1) is 11.8. The topological polar surface area (TPSA) is 37.5 Å². The second kappa shape index (κ2) is 4.44. The SMILES string of the molecule is OCc1cccn2c(-c3cc(F)cc(F)c3)ncc12. The van der Waals surface area contributed by atoms with Gasteiger partial charge in [-0.1, -0.05) is 6.07 Å². The lowest BCUT2D eigenvalue weighted by Gasteiger charge is -2.04. The van der Waals surface area contributed by atoms with Crippen LogP contribution in [0.4, 0.5) is 8.78 Å². The zero-order valence-corrected chi connectivity index (χ0v) is 9.85. The number of hydrogen-bond donors (Lipinski definition) is 1. The quantitative estimate of drug-likeness (QED) is 0.769. The summed E-state index contributed by atoms with van der Waals surface area (Å²) in [5.74, 6) is -0.862. The molecule has 3 aromatic rings. The van der Waals surface area contributed by atoms with Crippen LogP contribution in [0, 0.1) is 11.6 Å². The number of nitrogens with zero attached hydrogens (tertiary/aromatic N) is 2. The Bertz CT molecular complexity index is 732. The number of hydrogen-bond acceptors (Lipinski definition) is 2. The van der Waals surface area contributed by atoms with Gasteiger partial charge >= 0.3 is 0 Å². The smallest absolute Gasteiger partial charge is 0.144 e. The van der Waals surface area contributed by atoms with Gasteiger partial charge < -0.3 is 5.11 Å². The largest absolute Gasteiger partial charge is 0.392 e. The van der Waals surface area contributed by atoms with Crippen molar-refractivity contribution in [3.63, 3.8) is 0 Å².